The zero-order chi connectivity index (χ0) is 11.5. The Kier molecular flexibility index (Phi) is 3.36. The van der Waals surface area contributed by atoms with Crippen LogP contribution in [0.1, 0.15) is 5.56 Å². The van der Waals surface area contributed by atoms with Gasteiger partial charge in [-0.05, 0) is 18.6 Å². The van der Waals surface area contributed by atoms with Gasteiger partial charge in [-0.3, -0.25) is 10.2 Å². The molecule has 16 heavy (non-hydrogen) atoms. The number of aryl methyl sites for hydroxylation is 1. The molecule has 1 amide bonds. The Morgan fingerprint density at radius 3 is 3.00 bits per heavy atom. The van der Waals surface area contributed by atoms with Gasteiger partial charge in [0.25, 0.3) is 5.91 Å². The first-order valence-corrected chi connectivity index (χ1v) is 6.23. The Labute approximate surface area is 99.2 Å². The normalized spacial score (nSPS) is 19.9. The molecule has 1 atom stereocenters. The molecule has 4 nitrogen and oxygen atoms in total. The van der Waals surface area contributed by atoms with Crippen molar-refractivity contribution in [1.29, 1.82) is 0 Å². The monoisotopic (exact) mass is 237 g/mol. The van der Waals surface area contributed by atoms with E-state index in [0.717, 1.165) is 18.0 Å². The van der Waals surface area contributed by atoms with Crippen molar-refractivity contribution in [2.24, 2.45) is 5.84 Å². The summed E-state index contributed by atoms with van der Waals surface area (Å²) in [6.07, 6.45) is 0. The highest BCUT2D eigenvalue weighted by molar-refractivity contribution is 8.01. The summed E-state index contributed by atoms with van der Waals surface area (Å²) in [6.45, 7) is 2.93. The van der Waals surface area contributed by atoms with Gasteiger partial charge in [-0.1, -0.05) is 18.2 Å². The van der Waals surface area contributed by atoms with Gasteiger partial charge in [0.1, 0.15) is 0 Å². The highest BCUT2D eigenvalue weighted by Crippen LogP contribution is 2.31. The van der Waals surface area contributed by atoms with Gasteiger partial charge in [0.15, 0.2) is 5.37 Å². The molecule has 0 aromatic heterocycles. The van der Waals surface area contributed by atoms with Crippen LogP contribution in [0.4, 0.5) is 5.69 Å². The predicted molar refractivity (Wildman–Crippen MR) is 67.1 cm³/mol. The Morgan fingerprint density at radius 1 is 1.56 bits per heavy atom. The first-order chi connectivity index (χ1) is 7.74. The minimum Gasteiger partial charge on any atom is -0.350 e. The summed E-state index contributed by atoms with van der Waals surface area (Å²) in [4.78, 5) is 13.7. The largest absolute Gasteiger partial charge is 0.350 e. The number of nitrogens with two attached hydrogens (primary N) is 1. The summed E-state index contributed by atoms with van der Waals surface area (Å²) >= 11 is 1.62. The maximum atomic E-state index is 11.6. The number of hydrazine groups is 1. The SMILES string of the molecule is Cc1ccccc1N1CCS[C@H]1C(=O)NN. The Hall–Kier alpha value is -1.20. The number of hydrogen-bond donors (Lipinski definition) is 2. The Bertz CT molecular complexity index is 397. The van der Waals surface area contributed by atoms with E-state index in [9.17, 15) is 4.79 Å². The van der Waals surface area contributed by atoms with E-state index in [4.69, 9.17) is 5.84 Å². The fourth-order valence-electron chi connectivity index (χ4n) is 1.89. The second-order valence-corrected chi connectivity index (χ2v) is 4.90. The van der Waals surface area contributed by atoms with Crippen molar-refractivity contribution in [3.05, 3.63) is 29.8 Å². The molecule has 0 spiro atoms. The molecule has 3 N–H and O–H groups in total. The van der Waals surface area contributed by atoms with Crippen molar-refractivity contribution < 1.29 is 4.79 Å². The molecule has 0 bridgehead atoms. The van der Waals surface area contributed by atoms with E-state index >= 15 is 0 Å². The number of carbonyl (C=O) groups is 1. The lowest BCUT2D eigenvalue weighted by atomic mass is 10.2. The number of rotatable bonds is 2. The summed E-state index contributed by atoms with van der Waals surface area (Å²) in [5, 5.41) is -0.203. The summed E-state index contributed by atoms with van der Waals surface area (Å²) in [5.74, 6) is 6.01. The number of nitrogens with one attached hydrogen (secondary N) is 1. The molecule has 86 valence electrons. The third kappa shape index (κ3) is 2.01. The van der Waals surface area contributed by atoms with Crippen molar-refractivity contribution in [2.45, 2.75) is 12.3 Å². The number of benzene rings is 1. The van der Waals surface area contributed by atoms with Crippen molar-refractivity contribution in [3.8, 4) is 0 Å². The molecule has 0 saturated carbocycles. The van der Waals surface area contributed by atoms with Crippen LogP contribution in [-0.2, 0) is 4.79 Å². The van der Waals surface area contributed by atoms with Gasteiger partial charge < -0.3 is 4.90 Å². The van der Waals surface area contributed by atoms with Crippen molar-refractivity contribution in [3.63, 3.8) is 0 Å². The van der Waals surface area contributed by atoms with Crippen LogP contribution in [-0.4, -0.2) is 23.6 Å². The van der Waals surface area contributed by atoms with E-state index in [1.165, 1.54) is 5.56 Å². The quantitative estimate of drug-likeness (QED) is 0.455. The maximum Gasteiger partial charge on any atom is 0.267 e. The molecule has 1 aliphatic heterocycles. The first kappa shape index (κ1) is 11.3. The van der Waals surface area contributed by atoms with E-state index < -0.39 is 0 Å². The number of carbonyl (C=O) groups excluding carboxylic acids is 1. The van der Waals surface area contributed by atoms with Crippen LogP contribution in [0.25, 0.3) is 0 Å². The van der Waals surface area contributed by atoms with Gasteiger partial charge in [0.05, 0.1) is 0 Å². The maximum absolute atomic E-state index is 11.6. The van der Waals surface area contributed by atoms with Crippen molar-refractivity contribution >= 4 is 23.4 Å². The van der Waals surface area contributed by atoms with E-state index in [1.807, 2.05) is 18.2 Å². The molecule has 1 aliphatic rings. The molecule has 1 fully saturated rings. The Balaban J connectivity index is 2.27. The minimum absolute atomic E-state index is 0.134. The Morgan fingerprint density at radius 2 is 2.31 bits per heavy atom. The molecule has 1 aromatic rings. The lowest BCUT2D eigenvalue weighted by Gasteiger charge is -2.25. The molecular weight excluding hydrogens is 222 g/mol. The molecule has 0 radical (unpaired) electrons. The van der Waals surface area contributed by atoms with E-state index in [1.54, 1.807) is 11.8 Å². The van der Waals surface area contributed by atoms with Gasteiger partial charge in [-0.15, -0.1) is 11.8 Å². The van der Waals surface area contributed by atoms with Crippen LogP contribution in [0.2, 0.25) is 0 Å². The average molecular weight is 237 g/mol. The number of para-hydroxylation sites is 1. The summed E-state index contributed by atoms with van der Waals surface area (Å²) in [6, 6.07) is 8.08. The lowest BCUT2D eigenvalue weighted by Crippen LogP contribution is -2.45. The zero-order valence-electron chi connectivity index (χ0n) is 9.14. The van der Waals surface area contributed by atoms with Crippen LogP contribution in [0.5, 0.6) is 0 Å². The van der Waals surface area contributed by atoms with Gasteiger partial charge in [-0.25, -0.2) is 5.84 Å². The molecule has 0 unspecified atom stereocenters. The lowest BCUT2D eigenvalue weighted by molar-refractivity contribution is -0.120. The summed E-state index contributed by atoms with van der Waals surface area (Å²) in [5.41, 5.74) is 4.52. The number of nitrogens with zero attached hydrogens (tertiary/aromatic N) is 1. The van der Waals surface area contributed by atoms with Gasteiger partial charge in [0.2, 0.25) is 0 Å². The molecule has 0 aliphatic carbocycles. The van der Waals surface area contributed by atoms with Crippen molar-refractivity contribution in [2.75, 3.05) is 17.2 Å². The smallest absolute Gasteiger partial charge is 0.267 e. The standard InChI is InChI=1S/C11H15N3OS/c1-8-4-2-3-5-9(8)14-6-7-16-11(14)10(15)13-12/h2-5,11H,6-7,12H2,1H3,(H,13,15)/t11-/m0/s1. The highest BCUT2D eigenvalue weighted by atomic mass is 32.2. The fraction of sp³-hybridized carbons (Fsp3) is 0.364. The fourth-order valence-corrected chi connectivity index (χ4v) is 3.03. The van der Waals surface area contributed by atoms with Gasteiger partial charge in [-0.2, -0.15) is 0 Å². The average Bonchev–Trinajstić information content (AvgIpc) is 2.77. The van der Waals surface area contributed by atoms with E-state index in [2.05, 4.69) is 23.3 Å². The minimum atomic E-state index is -0.203. The van der Waals surface area contributed by atoms with Crippen LogP contribution in [0.15, 0.2) is 24.3 Å². The highest BCUT2D eigenvalue weighted by Gasteiger charge is 2.31. The zero-order valence-corrected chi connectivity index (χ0v) is 9.96. The molecule has 5 heteroatoms. The van der Waals surface area contributed by atoms with Crippen molar-refractivity contribution in [1.82, 2.24) is 5.43 Å². The summed E-state index contributed by atoms with van der Waals surface area (Å²) in [7, 11) is 0. The molecular formula is C11H15N3OS. The number of hydrogen-bond acceptors (Lipinski definition) is 4. The van der Waals surface area contributed by atoms with Gasteiger partial charge >= 0.3 is 0 Å². The van der Waals surface area contributed by atoms with Crippen LogP contribution in [0.3, 0.4) is 0 Å². The molecule has 1 saturated heterocycles. The first-order valence-electron chi connectivity index (χ1n) is 5.18. The van der Waals surface area contributed by atoms with Crippen LogP contribution >= 0.6 is 11.8 Å². The number of amides is 1. The van der Waals surface area contributed by atoms with Crippen LogP contribution < -0.4 is 16.2 Å². The third-order valence-electron chi connectivity index (χ3n) is 2.68. The molecule has 2 rings (SSSR count). The second kappa shape index (κ2) is 4.76. The predicted octanol–water partition coefficient (Wildman–Crippen LogP) is 0.864. The van der Waals surface area contributed by atoms with E-state index in [0.29, 0.717) is 0 Å². The topological polar surface area (TPSA) is 58.4 Å². The molecule has 1 heterocycles. The number of thioether (sulfide) groups is 1. The summed E-state index contributed by atoms with van der Waals surface area (Å²) < 4.78 is 0. The molecule has 1 aromatic carbocycles. The van der Waals surface area contributed by atoms with E-state index in [-0.39, 0.29) is 11.3 Å². The third-order valence-corrected chi connectivity index (χ3v) is 3.88. The number of anilines is 1. The van der Waals surface area contributed by atoms with Gasteiger partial charge in [0, 0.05) is 18.0 Å². The second-order valence-electron chi connectivity index (χ2n) is 3.71. The van der Waals surface area contributed by atoms with Crippen LogP contribution in [0, 0.1) is 6.92 Å².